The summed E-state index contributed by atoms with van der Waals surface area (Å²) in [5.74, 6) is 1.50. The van der Waals surface area contributed by atoms with Gasteiger partial charge >= 0.3 is 0 Å². The molecule has 0 aromatic heterocycles. The van der Waals surface area contributed by atoms with E-state index in [1.54, 1.807) is 14.2 Å². The van der Waals surface area contributed by atoms with E-state index in [1.165, 1.54) is 0 Å². The molecule has 4 N–H and O–H groups in total. The molecule has 3 aromatic rings. The van der Waals surface area contributed by atoms with Crippen LogP contribution in [0.5, 0.6) is 11.5 Å². The lowest BCUT2D eigenvalue weighted by molar-refractivity contribution is -0.0717. The summed E-state index contributed by atoms with van der Waals surface area (Å²) in [5, 5.41) is 9.41. The second kappa shape index (κ2) is 25.3. The van der Waals surface area contributed by atoms with Crippen LogP contribution in [0.15, 0.2) is 78.9 Å². The van der Waals surface area contributed by atoms with Crippen molar-refractivity contribution in [3.8, 4) is 17.6 Å². The Balaban J connectivity index is 2.15. The van der Waals surface area contributed by atoms with Crippen molar-refractivity contribution in [2.75, 3.05) is 53.7 Å². The Bertz CT molecular complexity index is 1440. The van der Waals surface area contributed by atoms with Gasteiger partial charge in [0, 0.05) is 12.1 Å². The summed E-state index contributed by atoms with van der Waals surface area (Å²) in [6.07, 6.45) is 6.83. The topological polar surface area (TPSA) is 134 Å². The Hall–Kier alpha value is -3.10. The first-order valence-corrected chi connectivity index (χ1v) is 21.5. The number of benzene rings is 3. The SMILES string of the molecule is CCCCC(CCCN)(CCCN)COCC(COC(c1ccccc1)(c1ccc(OC)cc1)c1ccc(OC)cc1)OP(OCCC#N)N(C(C)C)C(C)C. The molecule has 2 unspecified atom stereocenters. The fourth-order valence-electron chi connectivity index (χ4n) is 7.33. The molecule has 0 aliphatic carbocycles. The van der Waals surface area contributed by atoms with Crippen LogP contribution in [0.4, 0.5) is 0 Å². The third kappa shape index (κ3) is 13.8. The van der Waals surface area contributed by atoms with Crippen molar-refractivity contribution in [3.05, 3.63) is 95.6 Å². The van der Waals surface area contributed by atoms with Crippen molar-refractivity contribution < 1.29 is 28.0 Å². The van der Waals surface area contributed by atoms with Crippen LogP contribution in [0.1, 0.15) is 103 Å². The Morgan fingerprint density at radius 3 is 1.71 bits per heavy atom. The number of ether oxygens (including phenoxy) is 4. The maximum absolute atomic E-state index is 9.41. The van der Waals surface area contributed by atoms with E-state index < -0.39 is 20.2 Å². The van der Waals surface area contributed by atoms with Crippen molar-refractivity contribution in [1.29, 1.82) is 5.26 Å². The number of hydrogen-bond acceptors (Lipinski definition) is 10. The maximum Gasteiger partial charge on any atom is 0.259 e. The van der Waals surface area contributed by atoms with Crippen LogP contribution in [-0.2, 0) is 24.1 Å². The van der Waals surface area contributed by atoms with Crippen molar-refractivity contribution in [3.63, 3.8) is 0 Å². The van der Waals surface area contributed by atoms with E-state index in [4.69, 9.17) is 39.5 Å². The van der Waals surface area contributed by atoms with E-state index in [1.807, 2.05) is 42.5 Å². The Morgan fingerprint density at radius 2 is 1.25 bits per heavy atom. The fraction of sp³-hybridized carbons (Fsp3) is 0.578. The van der Waals surface area contributed by atoms with Gasteiger partial charge in [0.2, 0.25) is 0 Å². The molecule has 3 aromatic carbocycles. The predicted octanol–water partition coefficient (Wildman–Crippen LogP) is 9.34. The van der Waals surface area contributed by atoms with Crippen LogP contribution in [0.25, 0.3) is 0 Å². The van der Waals surface area contributed by atoms with E-state index >= 15 is 0 Å². The summed E-state index contributed by atoms with van der Waals surface area (Å²) in [4.78, 5) is 0. The summed E-state index contributed by atoms with van der Waals surface area (Å²) < 4.78 is 41.0. The van der Waals surface area contributed by atoms with E-state index in [-0.39, 0.29) is 43.7 Å². The molecule has 3 rings (SSSR count). The molecule has 0 saturated heterocycles. The van der Waals surface area contributed by atoms with Crippen LogP contribution in [-0.4, -0.2) is 76.6 Å². The van der Waals surface area contributed by atoms with Crippen LogP contribution in [0.3, 0.4) is 0 Å². The molecule has 0 spiro atoms. The summed E-state index contributed by atoms with van der Waals surface area (Å²) >= 11 is 0. The Labute approximate surface area is 339 Å². The largest absolute Gasteiger partial charge is 0.497 e. The molecule has 2 atom stereocenters. The molecule has 0 aliphatic rings. The van der Waals surface area contributed by atoms with Gasteiger partial charge in [-0.2, -0.15) is 5.26 Å². The molecule has 310 valence electrons. The fourth-order valence-corrected chi connectivity index (χ4v) is 9.01. The lowest BCUT2D eigenvalue weighted by Crippen LogP contribution is -2.40. The van der Waals surface area contributed by atoms with E-state index in [2.05, 4.69) is 81.8 Å². The zero-order valence-electron chi connectivity index (χ0n) is 35.1. The first-order valence-electron chi connectivity index (χ1n) is 20.3. The highest BCUT2D eigenvalue weighted by molar-refractivity contribution is 7.44. The van der Waals surface area contributed by atoms with Gasteiger partial charge in [-0.25, -0.2) is 4.67 Å². The average Bonchev–Trinajstić information content (AvgIpc) is 3.21. The number of nitrogens with zero attached hydrogens (tertiary/aromatic N) is 2. The van der Waals surface area contributed by atoms with E-state index in [0.29, 0.717) is 19.7 Å². The highest BCUT2D eigenvalue weighted by atomic mass is 31.2. The van der Waals surface area contributed by atoms with Crippen molar-refractivity contribution >= 4 is 8.53 Å². The minimum Gasteiger partial charge on any atom is -0.497 e. The van der Waals surface area contributed by atoms with Crippen molar-refractivity contribution in [1.82, 2.24) is 4.67 Å². The smallest absolute Gasteiger partial charge is 0.259 e. The number of rotatable bonds is 29. The Kier molecular flexibility index (Phi) is 21.4. The number of hydrogen-bond donors (Lipinski definition) is 2. The van der Waals surface area contributed by atoms with Gasteiger partial charge in [-0.3, -0.25) is 0 Å². The maximum atomic E-state index is 9.41. The molecular formula is C45H69N4O6P. The molecule has 0 fully saturated rings. The van der Waals surface area contributed by atoms with Crippen LogP contribution >= 0.6 is 8.53 Å². The third-order valence-electron chi connectivity index (χ3n) is 10.2. The quantitative estimate of drug-likeness (QED) is 0.0398. The van der Waals surface area contributed by atoms with E-state index in [9.17, 15) is 5.26 Å². The highest BCUT2D eigenvalue weighted by Crippen LogP contribution is 2.48. The van der Waals surface area contributed by atoms with Crippen molar-refractivity contribution in [2.45, 2.75) is 110 Å². The van der Waals surface area contributed by atoms with Gasteiger partial charge in [0.05, 0.1) is 53.1 Å². The molecule has 0 radical (unpaired) electrons. The summed E-state index contributed by atoms with van der Waals surface area (Å²) in [7, 11) is 1.74. The van der Waals surface area contributed by atoms with Gasteiger partial charge in [-0.15, -0.1) is 0 Å². The van der Waals surface area contributed by atoms with Gasteiger partial charge in [0.1, 0.15) is 23.2 Å². The van der Waals surface area contributed by atoms with Gasteiger partial charge in [-0.1, -0.05) is 74.4 Å². The Morgan fingerprint density at radius 1 is 0.732 bits per heavy atom. The first kappa shape index (κ1) is 47.3. The molecule has 0 aliphatic heterocycles. The van der Waals surface area contributed by atoms with Gasteiger partial charge in [-0.05, 0) is 119 Å². The second-order valence-electron chi connectivity index (χ2n) is 15.0. The van der Waals surface area contributed by atoms with Gasteiger partial charge < -0.3 is 39.5 Å². The predicted molar refractivity (Wildman–Crippen MR) is 228 cm³/mol. The standard InChI is InChI=1S/C45H69N4O6P/c1-8-9-26-44(27-13-29-46,28-14-30-47)35-52-33-43(55-56(54-32-15-31-48)49(36(2)3)37(4)5)34-53-45(38-16-11-10-12-17-38,39-18-22-41(50-6)23-19-39)40-20-24-42(51-7)25-21-40/h10-12,16-25,36-37,43H,8-9,13-15,26-30,32-35,46-47H2,1-7H3. The van der Waals surface area contributed by atoms with Gasteiger partial charge in [0.25, 0.3) is 8.53 Å². The highest BCUT2D eigenvalue weighted by Gasteiger charge is 2.40. The molecule has 0 heterocycles. The molecule has 10 nitrogen and oxygen atoms in total. The molecule has 11 heteroatoms. The molecule has 0 saturated carbocycles. The van der Waals surface area contributed by atoms with Crippen LogP contribution in [0, 0.1) is 16.7 Å². The minimum absolute atomic E-state index is 0.0317. The average molecular weight is 793 g/mol. The van der Waals surface area contributed by atoms with Crippen LogP contribution in [0.2, 0.25) is 0 Å². The lowest BCUT2D eigenvalue weighted by atomic mass is 9.75. The zero-order chi connectivity index (χ0) is 40.8. The first-order chi connectivity index (χ1) is 27.1. The minimum atomic E-state index is -1.59. The monoisotopic (exact) mass is 792 g/mol. The number of methoxy groups -OCH3 is 2. The zero-order valence-corrected chi connectivity index (χ0v) is 36.0. The summed E-state index contributed by atoms with van der Waals surface area (Å²) in [5.41, 5.74) is 13.8. The molecule has 56 heavy (non-hydrogen) atoms. The number of nitriles is 1. The van der Waals surface area contributed by atoms with Crippen molar-refractivity contribution in [2.24, 2.45) is 16.9 Å². The molecule has 0 bridgehead atoms. The van der Waals surface area contributed by atoms with Crippen LogP contribution < -0.4 is 20.9 Å². The number of nitrogens with two attached hydrogens (primary N) is 2. The molecule has 0 amide bonds. The summed E-state index contributed by atoms with van der Waals surface area (Å²) in [6, 6.07) is 28.8. The third-order valence-corrected chi connectivity index (χ3v) is 12.3. The lowest BCUT2D eigenvalue weighted by Gasteiger charge is -2.40. The van der Waals surface area contributed by atoms with E-state index in [0.717, 1.165) is 73.1 Å². The van der Waals surface area contributed by atoms with Gasteiger partial charge in [0.15, 0.2) is 0 Å². The second-order valence-corrected chi connectivity index (χ2v) is 16.4. The summed E-state index contributed by atoms with van der Waals surface area (Å²) in [6.45, 7) is 13.3. The number of unbranched alkanes of at least 4 members (excludes halogenated alkanes) is 1. The normalized spacial score (nSPS) is 13.3. The molecular weight excluding hydrogens is 723 g/mol.